The Bertz CT molecular complexity index is 560. The number of hydrogen-bond donors (Lipinski definition) is 1. The first kappa shape index (κ1) is 11.6. The van der Waals surface area contributed by atoms with Crippen LogP contribution in [0.1, 0.15) is 19.0 Å². The number of aryl methyl sites for hydroxylation is 2. The quantitative estimate of drug-likeness (QED) is 0.885. The van der Waals surface area contributed by atoms with Gasteiger partial charge in [-0.25, -0.2) is 4.39 Å². The molecular weight excluding hydrogens is 221 g/mol. The van der Waals surface area contributed by atoms with Crippen LogP contribution in [0.2, 0.25) is 0 Å². The second-order valence-electron chi connectivity index (χ2n) is 3.95. The minimum absolute atomic E-state index is 0.0674. The van der Waals surface area contributed by atoms with Gasteiger partial charge < -0.3 is 9.67 Å². The van der Waals surface area contributed by atoms with Crippen molar-refractivity contribution >= 4 is 16.9 Å². The van der Waals surface area contributed by atoms with Gasteiger partial charge in [-0.2, -0.15) is 0 Å². The number of fused-ring (bicyclic) bond motifs is 1. The van der Waals surface area contributed by atoms with E-state index in [9.17, 15) is 9.18 Å². The molecule has 0 radical (unpaired) electrons. The van der Waals surface area contributed by atoms with E-state index in [2.05, 4.69) is 0 Å². The number of halogens is 1. The molecule has 0 saturated carbocycles. The van der Waals surface area contributed by atoms with Crippen molar-refractivity contribution in [1.82, 2.24) is 4.57 Å². The number of aromatic nitrogens is 1. The van der Waals surface area contributed by atoms with E-state index in [1.807, 2.05) is 17.6 Å². The third-order valence-electron chi connectivity index (χ3n) is 2.89. The van der Waals surface area contributed by atoms with Crippen molar-refractivity contribution in [1.29, 1.82) is 0 Å². The standard InChI is InChI=1S/C13H14FNO2/c1-2-15-9(6-7-13(16)17)8-10-11(14)4-3-5-12(10)15/h3-5,8H,2,6-7H2,1H3,(H,16,17). The van der Waals surface area contributed by atoms with E-state index in [1.54, 1.807) is 12.1 Å². The molecule has 1 N–H and O–H groups in total. The third kappa shape index (κ3) is 2.16. The Morgan fingerprint density at radius 2 is 2.24 bits per heavy atom. The fourth-order valence-electron chi connectivity index (χ4n) is 2.12. The molecule has 0 unspecified atom stereocenters. The normalized spacial score (nSPS) is 10.9. The Kier molecular flexibility index (Phi) is 3.13. The van der Waals surface area contributed by atoms with E-state index in [4.69, 9.17) is 5.11 Å². The summed E-state index contributed by atoms with van der Waals surface area (Å²) in [5.74, 6) is -1.09. The van der Waals surface area contributed by atoms with Gasteiger partial charge in [0.15, 0.2) is 0 Å². The van der Waals surface area contributed by atoms with Gasteiger partial charge in [-0.1, -0.05) is 6.07 Å². The summed E-state index contributed by atoms with van der Waals surface area (Å²) < 4.78 is 15.5. The number of aliphatic carboxylic acids is 1. The van der Waals surface area contributed by atoms with Gasteiger partial charge in [-0.15, -0.1) is 0 Å². The number of nitrogens with zero attached hydrogens (tertiary/aromatic N) is 1. The summed E-state index contributed by atoms with van der Waals surface area (Å²) >= 11 is 0. The largest absolute Gasteiger partial charge is 0.481 e. The smallest absolute Gasteiger partial charge is 0.303 e. The third-order valence-corrected chi connectivity index (χ3v) is 2.89. The molecule has 0 aliphatic heterocycles. The van der Waals surface area contributed by atoms with E-state index in [-0.39, 0.29) is 12.2 Å². The molecule has 0 aliphatic rings. The Labute approximate surface area is 98.5 Å². The maximum atomic E-state index is 13.6. The van der Waals surface area contributed by atoms with Gasteiger partial charge in [-0.3, -0.25) is 4.79 Å². The van der Waals surface area contributed by atoms with Crippen LogP contribution < -0.4 is 0 Å². The average molecular weight is 235 g/mol. The predicted molar refractivity (Wildman–Crippen MR) is 63.5 cm³/mol. The summed E-state index contributed by atoms with van der Waals surface area (Å²) in [5.41, 5.74) is 1.70. The lowest BCUT2D eigenvalue weighted by Gasteiger charge is -2.06. The molecule has 3 nitrogen and oxygen atoms in total. The van der Waals surface area contributed by atoms with Crippen molar-refractivity contribution in [2.75, 3.05) is 0 Å². The summed E-state index contributed by atoms with van der Waals surface area (Å²) in [6.45, 7) is 2.68. The zero-order valence-electron chi connectivity index (χ0n) is 9.61. The molecule has 1 aromatic carbocycles. The number of hydrogen-bond acceptors (Lipinski definition) is 1. The first-order valence-electron chi connectivity index (χ1n) is 5.62. The van der Waals surface area contributed by atoms with Gasteiger partial charge in [0.2, 0.25) is 0 Å². The molecule has 4 heteroatoms. The zero-order valence-corrected chi connectivity index (χ0v) is 9.61. The Morgan fingerprint density at radius 1 is 1.47 bits per heavy atom. The number of carbonyl (C=O) groups is 1. The van der Waals surface area contributed by atoms with Crippen LogP contribution in [-0.2, 0) is 17.8 Å². The number of rotatable bonds is 4. The van der Waals surface area contributed by atoms with Crippen LogP contribution in [0.3, 0.4) is 0 Å². The van der Waals surface area contributed by atoms with Crippen LogP contribution in [0.4, 0.5) is 4.39 Å². The zero-order chi connectivity index (χ0) is 12.4. The SMILES string of the molecule is CCn1c(CCC(=O)O)cc2c(F)cccc21. The molecule has 0 spiro atoms. The summed E-state index contributed by atoms with van der Waals surface area (Å²) in [6, 6.07) is 6.69. The molecule has 2 aromatic rings. The summed E-state index contributed by atoms with van der Waals surface area (Å²) in [7, 11) is 0. The highest BCUT2D eigenvalue weighted by Crippen LogP contribution is 2.23. The van der Waals surface area contributed by atoms with Crippen molar-refractivity contribution in [3.05, 3.63) is 35.8 Å². The summed E-state index contributed by atoms with van der Waals surface area (Å²) in [5, 5.41) is 9.25. The second-order valence-corrected chi connectivity index (χ2v) is 3.95. The average Bonchev–Trinajstić information content (AvgIpc) is 2.65. The Morgan fingerprint density at radius 3 is 2.88 bits per heavy atom. The van der Waals surface area contributed by atoms with Gasteiger partial charge in [-0.05, 0) is 31.5 Å². The molecule has 0 atom stereocenters. The molecule has 90 valence electrons. The van der Waals surface area contributed by atoms with Crippen LogP contribution in [-0.4, -0.2) is 15.6 Å². The fraction of sp³-hybridized carbons (Fsp3) is 0.308. The van der Waals surface area contributed by atoms with Crippen LogP contribution >= 0.6 is 0 Å². The lowest BCUT2D eigenvalue weighted by atomic mass is 10.2. The summed E-state index contributed by atoms with van der Waals surface area (Å²) in [6.07, 6.45) is 0.495. The van der Waals surface area contributed by atoms with Crippen molar-refractivity contribution in [3.63, 3.8) is 0 Å². The van der Waals surface area contributed by atoms with Crippen LogP contribution in [0.25, 0.3) is 10.9 Å². The minimum atomic E-state index is -0.835. The van der Waals surface area contributed by atoms with Crippen molar-refractivity contribution < 1.29 is 14.3 Å². The maximum absolute atomic E-state index is 13.6. The van der Waals surface area contributed by atoms with Crippen molar-refractivity contribution in [3.8, 4) is 0 Å². The molecule has 1 aromatic heterocycles. The van der Waals surface area contributed by atoms with Crippen molar-refractivity contribution in [2.45, 2.75) is 26.3 Å². The number of benzene rings is 1. The van der Waals surface area contributed by atoms with Gasteiger partial charge >= 0.3 is 5.97 Å². The molecule has 0 saturated heterocycles. The van der Waals surface area contributed by atoms with Crippen LogP contribution in [0, 0.1) is 5.82 Å². The molecule has 0 aliphatic carbocycles. The molecule has 0 amide bonds. The minimum Gasteiger partial charge on any atom is -0.481 e. The monoisotopic (exact) mass is 235 g/mol. The predicted octanol–water partition coefficient (Wildman–Crippen LogP) is 2.82. The fourth-order valence-corrected chi connectivity index (χ4v) is 2.12. The highest BCUT2D eigenvalue weighted by atomic mass is 19.1. The Hall–Kier alpha value is -1.84. The van der Waals surface area contributed by atoms with E-state index in [1.165, 1.54) is 6.07 Å². The molecule has 0 bridgehead atoms. The van der Waals surface area contributed by atoms with E-state index in [0.29, 0.717) is 18.4 Å². The van der Waals surface area contributed by atoms with E-state index >= 15 is 0 Å². The van der Waals surface area contributed by atoms with Gasteiger partial charge in [0.25, 0.3) is 0 Å². The maximum Gasteiger partial charge on any atom is 0.303 e. The molecule has 17 heavy (non-hydrogen) atoms. The van der Waals surface area contributed by atoms with Gasteiger partial charge in [0, 0.05) is 17.6 Å². The molecular formula is C13H14FNO2. The lowest BCUT2D eigenvalue weighted by Crippen LogP contribution is -2.04. The van der Waals surface area contributed by atoms with Crippen LogP contribution in [0.15, 0.2) is 24.3 Å². The lowest BCUT2D eigenvalue weighted by molar-refractivity contribution is -0.136. The van der Waals surface area contributed by atoms with Crippen LogP contribution in [0.5, 0.6) is 0 Å². The number of carboxylic acids is 1. The van der Waals surface area contributed by atoms with Gasteiger partial charge in [0.05, 0.1) is 11.9 Å². The number of carboxylic acid groups (broad SMARTS) is 1. The van der Waals surface area contributed by atoms with E-state index in [0.717, 1.165) is 11.2 Å². The van der Waals surface area contributed by atoms with Gasteiger partial charge in [0.1, 0.15) is 5.82 Å². The summed E-state index contributed by atoms with van der Waals surface area (Å²) in [4.78, 5) is 10.6. The molecule has 1 heterocycles. The topological polar surface area (TPSA) is 42.2 Å². The van der Waals surface area contributed by atoms with Crippen molar-refractivity contribution in [2.24, 2.45) is 0 Å². The first-order valence-corrected chi connectivity index (χ1v) is 5.62. The molecule has 0 fully saturated rings. The second kappa shape index (κ2) is 4.57. The highest BCUT2D eigenvalue weighted by Gasteiger charge is 2.11. The Balaban J connectivity index is 2.48. The highest BCUT2D eigenvalue weighted by molar-refractivity contribution is 5.82. The molecule has 2 rings (SSSR count). The first-order chi connectivity index (χ1) is 8.13. The van der Waals surface area contributed by atoms with E-state index < -0.39 is 5.97 Å².